The third-order valence-electron chi connectivity index (χ3n) is 5.13. The number of thiophene rings is 1. The molecule has 5 nitrogen and oxygen atoms in total. The summed E-state index contributed by atoms with van der Waals surface area (Å²) in [5.74, 6) is 0.956. The van der Waals surface area contributed by atoms with Crippen LogP contribution in [0.15, 0.2) is 18.0 Å². The lowest BCUT2D eigenvalue weighted by Gasteiger charge is -2.33. The molecule has 1 aliphatic heterocycles. The van der Waals surface area contributed by atoms with Crippen molar-refractivity contribution in [3.8, 4) is 0 Å². The number of hydrogen-bond acceptors (Lipinski definition) is 4. The molecule has 2 aromatic rings. The molecule has 0 bridgehead atoms. The lowest BCUT2D eigenvalue weighted by Crippen LogP contribution is -2.41. The van der Waals surface area contributed by atoms with E-state index in [2.05, 4.69) is 22.4 Å². The van der Waals surface area contributed by atoms with Gasteiger partial charge in [0.2, 0.25) is 0 Å². The Morgan fingerprint density at radius 2 is 2.30 bits per heavy atom. The highest BCUT2D eigenvalue weighted by molar-refractivity contribution is 7.10. The van der Waals surface area contributed by atoms with Gasteiger partial charge in [0.25, 0.3) is 5.91 Å². The van der Waals surface area contributed by atoms with E-state index < -0.39 is 0 Å². The van der Waals surface area contributed by atoms with Gasteiger partial charge in [0.05, 0.1) is 11.6 Å². The summed E-state index contributed by atoms with van der Waals surface area (Å²) in [6.07, 6.45) is 8.80. The molecule has 2 atom stereocenters. The van der Waals surface area contributed by atoms with Gasteiger partial charge in [-0.15, -0.1) is 11.3 Å². The average Bonchev–Trinajstić information content (AvgIpc) is 3.23. The Bertz CT molecular complexity index is 694. The first-order valence-corrected chi connectivity index (χ1v) is 9.33. The second-order valence-electron chi connectivity index (χ2n) is 6.82. The minimum Gasteiger partial charge on any atom is -0.336 e. The Morgan fingerprint density at radius 1 is 1.39 bits per heavy atom. The highest BCUT2D eigenvalue weighted by atomic mass is 32.1. The van der Waals surface area contributed by atoms with Crippen molar-refractivity contribution in [3.63, 3.8) is 0 Å². The lowest BCUT2D eigenvalue weighted by atomic mass is 9.88. The fourth-order valence-corrected chi connectivity index (χ4v) is 5.03. The number of carbonyl (C=O) groups is 1. The summed E-state index contributed by atoms with van der Waals surface area (Å²) in [6, 6.07) is 0.254. The zero-order valence-electron chi connectivity index (χ0n) is 13.4. The van der Waals surface area contributed by atoms with E-state index in [1.54, 1.807) is 24.0 Å². The third kappa shape index (κ3) is 2.80. The van der Waals surface area contributed by atoms with Crippen molar-refractivity contribution in [2.24, 2.45) is 5.92 Å². The number of nitrogens with zero attached hydrogens (tertiary/aromatic N) is 4. The molecule has 4 rings (SSSR count). The standard InChI is InChI=1S/C17H22N4OS/c1-12-4-5-14-15(9-23-16(14)7-12)17(22)20-6-2-3-13(8-20)21-11-18-10-19-21/h9-13H,2-8H2,1H3/t12-,13+/m0/s1. The average molecular weight is 330 g/mol. The Labute approximate surface area is 140 Å². The van der Waals surface area contributed by atoms with Crippen LogP contribution in [0.2, 0.25) is 0 Å². The molecule has 0 saturated carbocycles. The number of piperidine rings is 1. The monoisotopic (exact) mass is 330 g/mol. The predicted molar refractivity (Wildman–Crippen MR) is 89.7 cm³/mol. The molecule has 1 fully saturated rings. The molecule has 122 valence electrons. The minimum atomic E-state index is 0.210. The van der Waals surface area contributed by atoms with Gasteiger partial charge in [0.15, 0.2) is 0 Å². The zero-order chi connectivity index (χ0) is 15.8. The summed E-state index contributed by atoms with van der Waals surface area (Å²) in [6.45, 7) is 3.89. The van der Waals surface area contributed by atoms with E-state index in [9.17, 15) is 4.79 Å². The molecule has 1 saturated heterocycles. The molecule has 0 aromatic carbocycles. The van der Waals surface area contributed by atoms with Crippen molar-refractivity contribution in [2.75, 3.05) is 13.1 Å². The second kappa shape index (κ2) is 6.07. The Hall–Kier alpha value is -1.69. The number of amides is 1. The van der Waals surface area contributed by atoms with E-state index in [0.29, 0.717) is 0 Å². The molecule has 0 unspecified atom stereocenters. The summed E-state index contributed by atoms with van der Waals surface area (Å²) < 4.78 is 1.89. The highest BCUT2D eigenvalue weighted by Gasteiger charge is 2.29. The van der Waals surface area contributed by atoms with Crippen LogP contribution >= 0.6 is 11.3 Å². The summed E-state index contributed by atoms with van der Waals surface area (Å²) in [7, 11) is 0. The van der Waals surface area contributed by atoms with Gasteiger partial charge in [0, 0.05) is 23.3 Å². The Morgan fingerprint density at radius 3 is 3.13 bits per heavy atom. The first-order valence-electron chi connectivity index (χ1n) is 8.45. The second-order valence-corrected chi connectivity index (χ2v) is 7.79. The van der Waals surface area contributed by atoms with Crippen LogP contribution in [0.4, 0.5) is 0 Å². The molecule has 6 heteroatoms. The fourth-order valence-electron chi connectivity index (χ4n) is 3.79. The van der Waals surface area contributed by atoms with E-state index in [0.717, 1.165) is 50.3 Å². The van der Waals surface area contributed by atoms with Gasteiger partial charge in [-0.2, -0.15) is 5.10 Å². The van der Waals surface area contributed by atoms with E-state index >= 15 is 0 Å². The summed E-state index contributed by atoms with van der Waals surface area (Å²) in [4.78, 5) is 20.5. The normalized spacial score (nSPS) is 24.5. The van der Waals surface area contributed by atoms with Crippen molar-refractivity contribution in [1.29, 1.82) is 0 Å². The summed E-state index contributed by atoms with van der Waals surface area (Å²) >= 11 is 1.77. The maximum absolute atomic E-state index is 13.0. The molecule has 3 heterocycles. The van der Waals surface area contributed by atoms with E-state index in [4.69, 9.17) is 0 Å². The van der Waals surface area contributed by atoms with Crippen LogP contribution in [-0.2, 0) is 12.8 Å². The first-order chi connectivity index (χ1) is 11.2. The molecule has 0 N–H and O–H groups in total. The van der Waals surface area contributed by atoms with E-state index in [-0.39, 0.29) is 11.9 Å². The van der Waals surface area contributed by atoms with Gasteiger partial charge in [-0.05, 0) is 43.6 Å². The summed E-state index contributed by atoms with van der Waals surface area (Å²) in [5.41, 5.74) is 2.28. The Balaban J connectivity index is 1.53. The van der Waals surface area contributed by atoms with Crippen LogP contribution in [-0.4, -0.2) is 38.7 Å². The van der Waals surface area contributed by atoms with Crippen LogP contribution in [0.25, 0.3) is 0 Å². The maximum atomic E-state index is 13.0. The third-order valence-corrected chi connectivity index (χ3v) is 6.18. The first kappa shape index (κ1) is 14.9. The maximum Gasteiger partial charge on any atom is 0.255 e. The van der Waals surface area contributed by atoms with Crippen molar-refractivity contribution in [2.45, 2.75) is 45.1 Å². The van der Waals surface area contributed by atoms with Gasteiger partial charge in [-0.25, -0.2) is 9.67 Å². The number of rotatable bonds is 2. The predicted octanol–water partition coefficient (Wildman–Crippen LogP) is 2.94. The van der Waals surface area contributed by atoms with Crippen LogP contribution in [0, 0.1) is 5.92 Å². The van der Waals surface area contributed by atoms with Crippen molar-refractivity contribution in [1.82, 2.24) is 19.7 Å². The minimum absolute atomic E-state index is 0.210. The quantitative estimate of drug-likeness (QED) is 0.851. The number of likely N-dealkylation sites (tertiary alicyclic amines) is 1. The van der Waals surface area contributed by atoms with Crippen molar-refractivity contribution >= 4 is 17.2 Å². The largest absolute Gasteiger partial charge is 0.336 e. The summed E-state index contributed by atoms with van der Waals surface area (Å²) in [5, 5.41) is 6.33. The van der Waals surface area contributed by atoms with Crippen LogP contribution in [0.1, 0.15) is 53.0 Å². The molecule has 0 spiro atoms. The zero-order valence-corrected chi connectivity index (χ0v) is 14.3. The molecule has 23 heavy (non-hydrogen) atoms. The lowest BCUT2D eigenvalue weighted by molar-refractivity contribution is 0.0672. The van der Waals surface area contributed by atoms with E-state index in [1.165, 1.54) is 16.9 Å². The molecule has 0 radical (unpaired) electrons. The Kier molecular flexibility index (Phi) is 3.93. The molecule has 2 aliphatic rings. The number of aromatic nitrogens is 3. The van der Waals surface area contributed by atoms with Gasteiger partial charge >= 0.3 is 0 Å². The topological polar surface area (TPSA) is 51.0 Å². The van der Waals surface area contributed by atoms with Gasteiger partial charge in [-0.1, -0.05) is 6.92 Å². The van der Waals surface area contributed by atoms with Crippen molar-refractivity contribution in [3.05, 3.63) is 34.0 Å². The smallest absolute Gasteiger partial charge is 0.255 e. The fraction of sp³-hybridized carbons (Fsp3) is 0.588. The molecule has 1 aliphatic carbocycles. The van der Waals surface area contributed by atoms with E-state index in [1.807, 2.05) is 9.58 Å². The van der Waals surface area contributed by atoms with Crippen LogP contribution in [0.5, 0.6) is 0 Å². The number of hydrogen-bond donors (Lipinski definition) is 0. The SMILES string of the molecule is C[C@H]1CCc2c(C(=O)N3CCC[C@@H](n4cncn4)C3)csc2C1. The number of fused-ring (bicyclic) bond motifs is 1. The number of carbonyl (C=O) groups excluding carboxylic acids is 1. The molecule has 2 aromatic heterocycles. The van der Waals surface area contributed by atoms with Crippen LogP contribution in [0.3, 0.4) is 0 Å². The van der Waals surface area contributed by atoms with Gasteiger partial charge < -0.3 is 4.90 Å². The van der Waals surface area contributed by atoms with Crippen LogP contribution < -0.4 is 0 Å². The van der Waals surface area contributed by atoms with Gasteiger partial charge in [0.1, 0.15) is 12.7 Å². The van der Waals surface area contributed by atoms with Gasteiger partial charge in [-0.3, -0.25) is 4.79 Å². The molecular weight excluding hydrogens is 308 g/mol. The van der Waals surface area contributed by atoms with Crippen molar-refractivity contribution < 1.29 is 4.79 Å². The molecular formula is C17H22N4OS. The highest BCUT2D eigenvalue weighted by Crippen LogP contribution is 2.34. The molecule has 1 amide bonds.